The minimum Gasteiger partial charge on any atom is -0.381 e. The van der Waals surface area contributed by atoms with Crippen molar-refractivity contribution in [1.82, 2.24) is 0 Å². The van der Waals surface area contributed by atoms with Crippen LogP contribution in [0.1, 0.15) is 0 Å². The normalized spacial score (nSPS) is 16.0. The Hall–Kier alpha value is -1.57. The average Bonchev–Trinajstić information content (AvgIpc) is 2.71. The molecule has 2 aliphatic heterocycles. The number of rotatable bonds is 0. The number of anilines is 1. The molecule has 0 aliphatic carbocycles. The average molecular weight is 156 g/mol. The molecule has 0 saturated carbocycles. The second kappa shape index (κ2) is 1.97. The fraction of sp³-hybridized carbons (Fsp3) is 0.100. The van der Waals surface area contributed by atoms with Crippen LogP contribution in [0.4, 0.5) is 11.4 Å². The van der Waals surface area contributed by atoms with Crippen molar-refractivity contribution in [3.05, 3.63) is 22.6 Å². The first kappa shape index (κ1) is 6.00. The van der Waals surface area contributed by atoms with Crippen LogP contribution in [0.25, 0.3) is 12.2 Å². The van der Waals surface area contributed by atoms with Crippen LogP contribution in [0, 0.1) is 0 Å². The smallest absolute Gasteiger partial charge is 0.0709 e. The second-order valence-corrected chi connectivity index (χ2v) is 2.99. The highest BCUT2D eigenvalue weighted by atomic mass is 14.9. The van der Waals surface area contributed by atoms with E-state index in [4.69, 9.17) is 0 Å². The summed E-state index contributed by atoms with van der Waals surface area (Å²) in [7, 11) is 0. The lowest BCUT2D eigenvalue weighted by atomic mass is 10.2. The Morgan fingerprint density at radius 3 is 3.25 bits per heavy atom. The minimum atomic E-state index is 0.944. The summed E-state index contributed by atoms with van der Waals surface area (Å²) in [6.45, 7) is 0.944. The largest absolute Gasteiger partial charge is 0.381 e. The van der Waals surface area contributed by atoms with Gasteiger partial charge in [-0.3, -0.25) is 4.99 Å². The van der Waals surface area contributed by atoms with Gasteiger partial charge in [0, 0.05) is 28.9 Å². The maximum absolute atomic E-state index is 4.25. The lowest BCUT2D eigenvalue weighted by molar-refractivity contribution is 1.43. The molecule has 2 aliphatic rings. The first-order chi connectivity index (χ1) is 5.95. The molecule has 0 unspecified atom stereocenters. The molecule has 1 aromatic rings. The first-order valence-electron chi connectivity index (χ1n) is 4.06. The van der Waals surface area contributed by atoms with Crippen molar-refractivity contribution in [2.75, 3.05) is 11.9 Å². The Morgan fingerprint density at radius 1 is 1.25 bits per heavy atom. The van der Waals surface area contributed by atoms with E-state index in [0.29, 0.717) is 0 Å². The van der Waals surface area contributed by atoms with Gasteiger partial charge >= 0.3 is 0 Å². The van der Waals surface area contributed by atoms with Crippen LogP contribution in [0.3, 0.4) is 0 Å². The van der Waals surface area contributed by atoms with Crippen molar-refractivity contribution in [3.8, 4) is 0 Å². The maximum atomic E-state index is 4.25. The van der Waals surface area contributed by atoms with E-state index >= 15 is 0 Å². The predicted molar refractivity (Wildman–Crippen MR) is 51.3 cm³/mol. The molecular formula is C10H8N2. The third kappa shape index (κ3) is 0.619. The van der Waals surface area contributed by atoms with Crippen LogP contribution in [0.15, 0.2) is 17.1 Å². The van der Waals surface area contributed by atoms with Gasteiger partial charge in [-0.25, -0.2) is 0 Å². The van der Waals surface area contributed by atoms with Gasteiger partial charge in [-0.15, -0.1) is 0 Å². The Morgan fingerprint density at radius 2 is 2.25 bits per heavy atom. The van der Waals surface area contributed by atoms with Gasteiger partial charge in [-0.1, -0.05) is 6.08 Å². The number of benzene rings is 1. The third-order valence-electron chi connectivity index (χ3n) is 2.32. The third-order valence-corrected chi connectivity index (χ3v) is 2.32. The summed E-state index contributed by atoms with van der Waals surface area (Å²) >= 11 is 0. The number of nitrogens with one attached hydrogen (secondary N) is 1. The quantitative estimate of drug-likeness (QED) is 0.577. The van der Waals surface area contributed by atoms with E-state index in [1.807, 2.05) is 6.21 Å². The van der Waals surface area contributed by atoms with Crippen LogP contribution in [0.2, 0.25) is 0 Å². The van der Waals surface area contributed by atoms with E-state index in [2.05, 4.69) is 34.6 Å². The molecule has 1 aromatic carbocycles. The summed E-state index contributed by atoms with van der Waals surface area (Å²) in [5.74, 6) is 0. The molecule has 0 aromatic heterocycles. The van der Waals surface area contributed by atoms with Gasteiger partial charge in [-0.05, 0) is 18.2 Å². The summed E-state index contributed by atoms with van der Waals surface area (Å²) in [5, 5.41) is 5.87. The highest BCUT2D eigenvalue weighted by Gasteiger charge is 2.06. The number of fused-ring (bicyclic) bond motifs is 3. The van der Waals surface area contributed by atoms with Crippen LogP contribution in [0.5, 0.6) is 0 Å². The molecule has 0 amide bonds. The number of hydrogen-bond acceptors (Lipinski definition) is 2. The standard InChI is InChI=1S/C10H8N2/c1-2-10-8(4-6-12-10)7-3-5-11-9(1)7/h1-5,12H,6H2. The fourth-order valence-electron chi connectivity index (χ4n) is 1.74. The predicted octanol–water partition coefficient (Wildman–Crippen LogP) is 0.389. The summed E-state index contributed by atoms with van der Waals surface area (Å²) in [6, 6.07) is 4.15. The molecule has 0 atom stereocenters. The van der Waals surface area contributed by atoms with E-state index in [9.17, 15) is 0 Å². The van der Waals surface area contributed by atoms with Crippen LogP contribution in [-0.4, -0.2) is 12.8 Å². The molecule has 2 nitrogen and oxygen atoms in total. The van der Waals surface area contributed by atoms with Gasteiger partial charge in [0.1, 0.15) is 0 Å². The van der Waals surface area contributed by atoms with E-state index in [0.717, 1.165) is 12.2 Å². The number of hydrogen-bond donors (Lipinski definition) is 1. The van der Waals surface area contributed by atoms with Crippen molar-refractivity contribution >= 4 is 29.7 Å². The van der Waals surface area contributed by atoms with E-state index < -0.39 is 0 Å². The SMILES string of the molecule is C1=Nc2ccc3c(c2=C1)=CCN3. The van der Waals surface area contributed by atoms with Crippen molar-refractivity contribution < 1.29 is 0 Å². The Kier molecular flexibility index (Phi) is 0.987. The molecule has 12 heavy (non-hydrogen) atoms. The zero-order chi connectivity index (χ0) is 7.97. The van der Waals surface area contributed by atoms with Gasteiger partial charge in [0.25, 0.3) is 0 Å². The maximum Gasteiger partial charge on any atom is 0.0709 e. The molecule has 58 valence electrons. The summed E-state index contributed by atoms with van der Waals surface area (Å²) in [4.78, 5) is 4.25. The monoisotopic (exact) mass is 156 g/mol. The molecular weight excluding hydrogens is 148 g/mol. The van der Waals surface area contributed by atoms with Gasteiger partial charge in [0.2, 0.25) is 0 Å². The zero-order valence-electron chi connectivity index (χ0n) is 6.54. The van der Waals surface area contributed by atoms with Gasteiger partial charge in [0.05, 0.1) is 5.69 Å². The molecule has 0 spiro atoms. The van der Waals surface area contributed by atoms with E-state index in [1.165, 1.54) is 16.1 Å². The molecule has 2 heteroatoms. The lowest BCUT2D eigenvalue weighted by Crippen LogP contribution is -2.22. The van der Waals surface area contributed by atoms with Crippen molar-refractivity contribution in [1.29, 1.82) is 0 Å². The first-order valence-corrected chi connectivity index (χ1v) is 4.06. The number of nitrogens with zero attached hydrogens (tertiary/aromatic N) is 1. The number of aliphatic imine (C=N–C) groups is 1. The topological polar surface area (TPSA) is 24.4 Å². The molecule has 0 radical (unpaired) electrons. The molecule has 2 heterocycles. The Balaban J connectivity index is 2.54. The Bertz CT molecular complexity index is 483. The molecule has 1 N–H and O–H groups in total. The molecule has 0 saturated heterocycles. The second-order valence-electron chi connectivity index (χ2n) is 2.99. The van der Waals surface area contributed by atoms with Crippen LogP contribution in [-0.2, 0) is 0 Å². The minimum absolute atomic E-state index is 0.944. The van der Waals surface area contributed by atoms with Crippen LogP contribution >= 0.6 is 0 Å². The zero-order valence-corrected chi connectivity index (χ0v) is 6.54. The van der Waals surface area contributed by atoms with Crippen molar-refractivity contribution in [2.24, 2.45) is 4.99 Å². The van der Waals surface area contributed by atoms with Gasteiger partial charge in [0.15, 0.2) is 0 Å². The molecule has 0 fully saturated rings. The van der Waals surface area contributed by atoms with Gasteiger partial charge in [-0.2, -0.15) is 0 Å². The van der Waals surface area contributed by atoms with E-state index in [1.54, 1.807) is 0 Å². The molecule has 0 bridgehead atoms. The molecule has 3 rings (SSSR count). The van der Waals surface area contributed by atoms with Crippen LogP contribution < -0.4 is 15.8 Å². The highest BCUT2D eigenvalue weighted by molar-refractivity contribution is 5.97. The fourth-order valence-corrected chi connectivity index (χ4v) is 1.74. The van der Waals surface area contributed by atoms with E-state index in [-0.39, 0.29) is 0 Å². The Labute approximate surface area is 69.9 Å². The van der Waals surface area contributed by atoms with Crippen molar-refractivity contribution in [2.45, 2.75) is 0 Å². The summed E-state index contributed by atoms with van der Waals surface area (Å²) in [5.41, 5.74) is 2.32. The summed E-state index contributed by atoms with van der Waals surface area (Å²) in [6.07, 6.45) is 6.13. The highest BCUT2D eigenvalue weighted by Crippen LogP contribution is 2.10. The van der Waals surface area contributed by atoms with Gasteiger partial charge < -0.3 is 5.32 Å². The lowest BCUT2D eigenvalue weighted by Gasteiger charge is -1.97. The van der Waals surface area contributed by atoms with Crippen molar-refractivity contribution in [3.63, 3.8) is 0 Å². The summed E-state index contributed by atoms with van der Waals surface area (Å²) < 4.78 is 0.